The number of benzene rings is 4. The molecule has 0 saturated carbocycles. The molecule has 8 nitrogen and oxygen atoms in total. The van der Waals surface area contributed by atoms with Crippen molar-refractivity contribution < 1.29 is 28.6 Å². The lowest BCUT2D eigenvalue weighted by atomic mass is 10.0. The number of nitrogens with one attached hydrogen (secondary N) is 1. The van der Waals surface area contributed by atoms with Gasteiger partial charge < -0.3 is 14.2 Å². The number of barbiturate groups is 1. The second kappa shape index (κ2) is 13.8. The van der Waals surface area contributed by atoms with Crippen LogP contribution in [0.5, 0.6) is 17.2 Å². The lowest BCUT2D eigenvalue weighted by molar-refractivity contribution is -0.122. The van der Waals surface area contributed by atoms with Crippen LogP contribution in [0.1, 0.15) is 22.3 Å². The summed E-state index contributed by atoms with van der Waals surface area (Å²) >= 11 is 6.11. The first-order valence-electron chi connectivity index (χ1n) is 13.7. The standard InChI is InChI=1S/C35H29ClN2O6/c1-3-8-26-17-25(20-31(42-2)32(26)44-22-24-11-7-12-27(36)18-24)19-30-33(39)37-35(41)38(34(30)40)28-13-15-29(16-14-28)43-21-23-9-5-4-6-10-23/h3-7,9-20H,1,8,21-22H2,2H3,(H,37,39,41)/b30-19+. The van der Waals surface area contributed by atoms with Crippen molar-refractivity contribution in [1.29, 1.82) is 0 Å². The van der Waals surface area contributed by atoms with Gasteiger partial charge >= 0.3 is 6.03 Å². The zero-order chi connectivity index (χ0) is 31.1. The number of carbonyl (C=O) groups is 3. The zero-order valence-electron chi connectivity index (χ0n) is 23.9. The van der Waals surface area contributed by atoms with Gasteiger partial charge in [-0.15, -0.1) is 6.58 Å². The van der Waals surface area contributed by atoms with Crippen LogP contribution in [0.2, 0.25) is 5.02 Å². The van der Waals surface area contributed by atoms with E-state index in [2.05, 4.69) is 11.9 Å². The van der Waals surface area contributed by atoms with Gasteiger partial charge in [0.1, 0.15) is 24.5 Å². The first kappa shape index (κ1) is 30.1. The monoisotopic (exact) mass is 608 g/mol. The summed E-state index contributed by atoms with van der Waals surface area (Å²) in [6, 6.07) is 26.1. The molecular formula is C35H29ClN2O6. The quantitative estimate of drug-likeness (QED) is 0.113. The lowest BCUT2D eigenvalue weighted by Crippen LogP contribution is -2.54. The van der Waals surface area contributed by atoms with Gasteiger partial charge in [-0.1, -0.05) is 60.1 Å². The fourth-order valence-corrected chi connectivity index (χ4v) is 4.88. The highest BCUT2D eigenvalue weighted by Crippen LogP contribution is 2.35. The first-order valence-corrected chi connectivity index (χ1v) is 14.1. The van der Waals surface area contributed by atoms with Crippen LogP contribution in [-0.2, 0) is 29.2 Å². The molecule has 0 bridgehead atoms. The van der Waals surface area contributed by atoms with Crippen LogP contribution in [0.3, 0.4) is 0 Å². The van der Waals surface area contributed by atoms with Crippen LogP contribution in [0.15, 0.2) is 109 Å². The van der Waals surface area contributed by atoms with Crippen LogP contribution in [-0.4, -0.2) is 25.0 Å². The van der Waals surface area contributed by atoms with E-state index >= 15 is 0 Å². The van der Waals surface area contributed by atoms with Gasteiger partial charge in [0.15, 0.2) is 11.5 Å². The molecule has 4 aromatic carbocycles. The van der Waals surface area contributed by atoms with Crippen LogP contribution in [0.4, 0.5) is 10.5 Å². The minimum atomic E-state index is -0.843. The molecule has 1 fully saturated rings. The Labute approximate surface area is 260 Å². The lowest BCUT2D eigenvalue weighted by Gasteiger charge is -2.26. The maximum atomic E-state index is 13.5. The number of urea groups is 1. The summed E-state index contributed by atoms with van der Waals surface area (Å²) in [5.74, 6) is -0.0955. The number of methoxy groups -OCH3 is 1. The van der Waals surface area contributed by atoms with Crippen LogP contribution in [0.25, 0.3) is 6.08 Å². The molecule has 1 N–H and O–H groups in total. The number of allylic oxidation sites excluding steroid dienone is 1. The van der Waals surface area contributed by atoms with E-state index in [0.717, 1.165) is 21.6 Å². The van der Waals surface area contributed by atoms with E-state index in [9.17, 15) is 14.4 Å². The number of halogens is 1. The highest BCUT2D eigenvalue weighted by molar-refractivity contribution is 6.39. The predicted molar refractivity (Wildman–Crippen MR) is 169 cm³/mol. The SMILES string of the molecule is C=CCc1cc(/C=C2\C(=O)NC(=O)N(c3ccc(OCc4ccccc4)cc3)C2=O)cc(OC)c1OCc1cccc(Cl)c1. The molecule has 1 aliphatic heterocycles. The van der Waals surface area contributed by atoms with E-state index in [1.807, 2.05) is 48.5 Å². The number of hydrogen-bond donors (Lipinski definition) is 1. The highest BCUT2D eigenvalue weighted by atomic mass is 35.5. The summed E-state index contributed by atoms with van der Waals surface area (Å²) in [5, 5.41) is 2.86. The number of carbonyl (C=O) groups excluding carboxylic acids is 3. The van der Waals surface area contributed by atoms with E-state index in [1.54, 1.807) is 48.5 Å². The van der Waals surface area contributed by atoms with Crippen LogP contribution >= 0.6 is 11.6 Å². The average molecular weight is 609 g/mol. The second-order valence-electron chi connectivity index (χ2n) is 9.85. The molecule has 0 atom stereocenters. The van der Waals surface area contributed by atoms with Crippen molar-refractivity contribution in [3.8, 4) is 17.2 Å². The summed E-state index contributed by atoms with van der Waals surface area (Å²) in [6.45, 7) is 4.45. The van der Waals surface area contributed by atoms with E-state index < -0.39 is 17.8 Å². The Balaban J connectivity index is 1.39. The Kier molecular flexibility index (Phi) is 9.42. The second-order valence-corrected chi connectivity index (χ2v) is 10.3. The third-order valence-electron chi connectivity index (χ3n) is 6.77. The molecule has 0 unspecified atom stereocenters. The van der Waals surface area contributed by atoms with Gasteiger partial charge in [0.05, 0.1) is 12.8 Å². The largest absolute Gasteiger partial charge is 0.493 e. The zero-order valence-corrected chi connectivity index (χ0v) is 24.7. The molecule has 9 heteroatoms. The number of ether oxygens (including phenoxy) is 3. The van der Waals surface area contributed by atoms with Crippen molar-refractivity contribution in [3.05, 3.63) is 137 Å². The van der Waals surface area contributed by atoms with Gasteiger partial charge in [-0.2, -0.15) is 0 Å². The number of amides is 4. The number of anilines is 1. The Morgan fingerprint density at radius 2 is 1.59 bits per heavy atom. The van der Waals surface area contributed by atoms with Gasteiger partial charge in [-0.25, -0.2) is 9.69 Å². The van der Waals surface area contributed by atoms with Gasteiger partial charge in [-0.05, 0) is 77.7 Å². The molecule has 44 heavy (non-hydrogen) atoms. The normalized spacial score (nSPS) is 13.9. The molecule has 0 radical (unpaired) electrons. The number of nitrogens with zero attached hydrogens (tertiary/aromatic N) is 1. The molecular weight excluding hydrogens is 580 g/mol. The average Bonchev–Trinajstić information content (AvgIpc) is 3.02. The fourth-order valence-electron chi connectivity index (χ4n) is 4.66. The van der Waals surface area contributed by atoms with Crippen molar-refractivity contribution in [2.75, 3.05) is 12.0 Å². The summed E-state index contributed by atoms with van der Waals surface area (Å²) < 4.78 is 17.5. The third-order valence-corrected chi connectivity index (χ3v) is 7.00. The number of rotatable bonds is 11. The van der Waals surface area contributed by atoms with Gasteiger partial charge in [0, 0.05) is 10.6 Å². The van der Waals surface area contributed by atoms with Crippen LogP contribution < -0.4 is 24.4 Å². The van der Waals surface area contributed by atoms with Crippen molar-refractivity contribution >= 4 is 41.2 Å². The minimum absolute atomic E-state index is 0.215. The predicted octanol–water partition coefficient (Wildman–Crippen LogP) is 6.90. The smallest absolute Gasteiger partial charge is 0.335 e. The molecule has 5 rings (SSSR count). The van der Waals surface area contributed by atoms with Crippen molar-refractivity contribution in [1.82, 2.24) is 5.32 Å². The Morgan fingerprint density at radius 1 is 0.864 bits per heavy atom. The number of hydrogen-bond acceptors (Lipinski definition) is 6. The molecule has 222 valence electrons. The Morgan fingerprint density at radius 3 is 2.30 bits per heavy atom. The molecule has 1 heterocycles. The van der Waals surface area contributed by atoms with Crippen molar-refractivity contribution in [3.63, 3.8) is 0 Å². The van der Waals surface area contributed by atoms with E-state index in [1.165, 1.54) is 13.2 Å². The van der Waals surface area contributed by atoms with E-state index in [0.29, 0.717) is 40.9 Å². The summed E-state index contributed by atoms with van der Waals surface area (Å²) in [4.78, 5) is 40.0. The third kappa shape index (κ3) is 6.99. The molecule has 4 aromatic rings. The maximum absolute atomic E-state index is 13.5. The molecule has 0 aliphatic carbocycles. The van der Waals surface area contributed by atoms with Crippen molar-refractivity contribution in [2.24, 2.45) is 0 Å². The fraction of sp³-hybridized carbons (Fsp3) is 0.114. The van der Waals surface area contributed by atoms with E-state index in [-0.39, 0.29) is 17.9 Å². The highest BCUT2D eigenvalue weighted by Gasteiger charge is 2.37. The van der Waals surface area contributed by atoms with E-state index in [4.69, 9.17) is 25.8 Å². The Bertz CT molecular complexity index is 1730. The molecule has 4 amide bonds. The molecule has 1 saturated heterocycles. The first-order chi connectivity index (χ1) is 21.4. The minimum Gasteiger partial charge on any atom is -0.493 e. The molecule has 0 aromatic heterocycles. The summed E-state index contributed by atoms with van der Waals surface area (Å²) in [6.07, 6.45) is 3.57. The summed E-state index contributed by atoms with van der Waals surface area (Å²) in [7, 11) is 1.50. The molecule has 1 aliphatic rings. The van der Waals surface area contributed by atoms with Gasteiger partial charge in [-0.3, -0.25) is 14.9 Å². The molecule has 0 spiro atoms. The number of imide groups is 2. The maximum Gasteiger partial charge on any atom is 0.335 e. The Hall–Kier alpha value is -5.34. The summed E-state index contributed by atoms with van der Waals surface area (Å²) in [5.41, 5.74) is 3.19. The van der Waals surface area contributed by atoms with Gasteiger partial charge in [0.25, 0.3) is 11.8 Å². The topological polar surface area (TPSA) is 94.2 Å². The van der Waals surface area contributed by atoms with Gasteiger partial charge in [0.2, 0.25) is 0 Å². The van der Waals surface area contributed by atoms with Crippen LogP contribution in [0, 0.1) is 0 Å². The van der Waals surface area contributed by atoms with Crippen molar-refractivity contribution in [2.45, 2.75) is 19.6 Å².